The summed E-state index contributed by atoms with van der Waals surface area (Å²) in [5.74, 6) is 0.0351. The Morgan fingerprint density at radius 2 is 1.83 bits per heavy atom. The number of sulfonamides is 1. The predicted octanol–water partition coefficient (Wildman–Crippen LogP) is 2.49. The van der Waals surface area contributed by atoms with Gasteiger partial charge in [-0.05, 0) is 54.3 Å². The van der Waals surface area contributed by atoms with Gasteiger partial charge in [0.15, 0.2) is 0 Å². The molecule has 0 saturated carbocycles. The van der Waals surface area contributed by atoms with Gasteiger partial charge in [-0.15, -0.1) is 11.3 Å². The highest BCUT2D eigenvalue weighted by Crippen LogP contribution is 2.28. The van der Waals surface area contributed by atoms with Gasteiger partial charge in [-0.3, -0.25) is 4.79 Å². The number of carbonyl (C=O) groups is 1. The second kappa shape index (κ2) is 7.04. The van der Waals surface area contributed by atoms with Crippen LogP contribution in [0, 0.1) is 5.92 Å². The fourth-order valence-corrected chi connectivity index (χ4v) is 5.64. The molecule has 1 fully saturated rings. The summed E-state index contributed by atoms with van der Waals surface area (Å²) in [5.41, 5.74) is 6.91. The molecular formula is C17H20N2O3S2. The van der Waals surface area contributed by atoms with E-state index < -0.39 is 15.9 Å². The number of nitrogens with two attached hydrogens (primary N) is 1. The Bertz CT molecular complexity index is 791. The molecule has 0 atom stereocenters. The summed E-state index contributed by atoms with van der Waals surface area (Å²) in [4.78, 5) is 11.1. The number of piperidine rings is 1. The van der Waals surface area contributed by atoms with E-state index in [9.17, 15) is 13.2 Å². The van der Waals surface area contributed by atoms with Crippen molar-refractivity contribution in [2.45, 2.75) is 23.5 Å². The lowest BCUT2D eigenvalue weighted by atomic mass is 9.91. The lowest BCUT2D eigenvalue weighted by Crippen LogP contribution is -2.38. The Morgan fingerprint density at radius 3 is 2.38 bits per heavy atom. The smallest absolute Gasteiger partial charge is 0.252 e. The third-order valence-electron chi connectivity index (χ3n) is 4.43. The molecule has 0 aliphatic carbocycles. The molecule has 7 heteroatoms. The summed E-state index contributed by atoms with van der Waals surface area (Å²) in [7, 11) is -3.33. The molecule has 0 radical (unpaired) electrons. The van der Waals surface area contributed by atoms with Gasteiger partial charge in [0.2, 0.25) is 5.91 Å². The monoisotopic (exact) mass is 364 g/mol. The van der Waals surface area contributed by atoms with Crippen LogP contribution in [0.15, 0.2) is 46.0 Å². The topological polar surface area (TPSA) is 80.5 Å². The SMILES string of the molecule is NC(=O)c1ccc(CC2CCN(S(=O)(=O)c3cccs3)CC2)cc1. The highest BCUT2D eigenvalue weighted by molar-refractivity contribution is 7.91. The Balaban J connectivity index is 1.58. The first-order valence-electron chi connectivity index (χ1n) is 7.89. The van der Waals surface area contributed by atoms with Crippen LogP contribution in [0.25, 0.3) is 0 Å². The van der Waals surface area contributed by atoms with Gasteiger partial charge in [-0.1, -0.05) is 18.2 Å². The molecule has 2 heterocycles. The number of thiophene rings is 1. The van der Waals surface area contributed by atoms with Gasteiger partial charge in [-0.2, -0.15) is 4.31 Å². The van der Waals surface area contributed by atoms with Crippen molar-refractivity contribution in [1.82, 2.24) is 4.31 Å². The maximum atomic E-state index is 12.5. The number of primary amides is 1. The zero-order chi connectivity index (χ0) is 17.2. The Labute approximate surface area is 146 Å². The summed E-state index contributed by atoms with van der Waals surface area (Å²) in [5, 5.41) is 1.79. The van der Waals surface area contributed by atoms with E-state index >= 15 is 0 Å². The minimum atomic E-state index is -3.33. The van der Waals surface area contributed by atoms with E-state index in [0.717, 1.165) is 24.8 Å². The second-order valence-corrected chi connectivity index (χ2v) is 9.16. The zero-order valence-electron chi connectivity index (χ0n) is 13.2. The number of nitrogens with zero attached hydrogens (tertiary/aromatic N) is 1. The van der Waals surface area contributed by atoms with E-state index in [2.05, 4.69) is 0 Å². The molecule has 1 aromatic heterocycles. The maximum Gasteiger partial charge on any atom is 0.252 e. The predicted molar refractivity (Wildman–Crippen MR) is 94.5 cm³/mol. The minimum absolute atomic E-state index is 0.419. The van der Waals surface area contributed by atoms with Crippen LogP contribution in [0.1, 0.15) is 28.8 Å². The molecule has 0 spiro atoms. The van der Waals surface area contributed by atoms with E-state index in [4.69, 9.17) is 5.73 Å². The van der Waals surface area contributed by atoms with E-state index in [-0.39, 0.29) is 0 Å². The first kappa shape index (κ1) is 17.1. The molecule has 2 aromatic rings. The van der Waals surface area contributed by atoms with E-state index in [1.54, 1.807) is 34.0 Å². The summed E-state index contributed by atoms with van der Waals surface area (Å²) in [6.07, 6.45) is 2.59. The van der Waals surface area contributed by atoms with Crippen molar-refractivity contribution in [3.63, 3.8) is 0 Å². The van der Waals surface area contributed by atoms with Crippen LogP contribution in [0.2, 0.25) is 0 Å². The second-order valence-electron chi connectivity index (χ2n) is 6.04. The molecule has 0 unspecified atom stereocenters. The average Bonchev–Trinajstić information content (AvgIpc) is 3.11. The number of amides is 1. The van der Waals surface area contributed by atoms with Crippen LogP contribution in [-0.4, -0.2) is 31.7 Å². The van der Waals surface area contributed by atoms with Gasteiger partial charge in [0, 0.05) is 18.7 Å². The van der Waals surface area contributed by atoms with Crippen LogP contribution < -0.4 is 5.73 Å². The number of hydrogen-bond acceptors (Lipinski definition) is 4. The van der Waals surface area contributed by atoms with Crippen LogP contribution >= 0.6 is 11.3 Å². The van der Waals surface area contributed by atoms with Crippen molar-refractivity contribution in [1.29, 1.82) is 0 Å². The molecular weight excluding hydrogens is 344 g/mol. The number of hydrogen-bond donors (Lipinski definition) is 1. The molecule has 0 bridgehead atoms. The molecule has 1 aliphatic rings. The Hall–Kier alpha value is -1.70. The van der Waals surface area contributed by atoms with Crippen molar-refractivity contribution < 1.29 is 13.2 Å². The largest absolute Gasteiger partial charge is 0.366 e. The quantitative estimate of drug-likeness (QED) is 0.885. The first-order valence-corrected chi connectivity index (χ1v) is 10.2. The maximum absolute atomic E-state index is 12.5. The van der Waals surface area contributed by atoms with Gasteiger partial charge in [0.05, 0.1) is 0 Å². The van der Waals surface area contributed by atoms with Gasteiger partial charge in [0.1, 0.15) is 4.21 Å². The number of benzene rings is 1. The third kappa shape index (κ3) is 3.68. The van der Waals surface area contributed by atoms with Crippen molar-refractivity contribution in [3.8, 4) is 0 Å². The lowest BCUT2D eigenvalue weighted by molar-refractivity contribution is 0.100. The first-order chi connectivity index (χ1) is 11.5. The Morgan fingerprint density at radius 1 is 1.17 bits per heavy atom. The third-order valence-corrected chi connectivity index (χ3v) is 7.70. The lowest BCUT2D eigenvalue weighted by Gasteiger charge is -2.30. The molecule has 3 rings (SSSR count). The van der Waals surface area contributed by atoms with Crippen molar-refractivity contribution in [3.05, 3.63) is 52.9 Å². The molecule has 1 aliphatic heterocycles. The van der Waals surface area contributed by atoms with Gasteiger partial charge >= 0.3 is 0 Å². The van der Waals surface area contributed by atoms with Crippen molar-refractivity contribution >= 4 is 27.3 Å². The molecule has 2 N–H and O–H groups in total. The van der Waals surface area contributed by atoms with E-state index in [1.165, 1.54) is 11.3 Å². The van der Waals surface area contributed by atoms with Crippen molar-refractivity contribution in [2.75, 3.05) is 13.1 Å². The normalized spacial score (nSPS) is 17.0. The number of carbonyl (C=O) groups excluding carboxylic acids is 1. The van der Waals surface area contributed by atoms with Gasteiger partial charge < -0.3 is 5.73 Å². The molecule has 128 valence electrons. The zero-order valence-corrected chi connectivity index (χ0v) is 14.9. The van der Waals surface area contributed by atoms with Gasteiger partial charge in [0.25, 0.3) is 10.0 Å². The summed E-state index contributed by atoms with van der Waals surface area (Å²) >= 11 is 1.26. The summed E-state index contributed by atoms with van der Waals surface area (Å²) < 4.78 is 27.0. The molecule has 1 aromatic carbocycles. The average molecular weight is 364 g/mol. The highest BCUT2D eigenvalue weighted by Gasteiger charge is 2.29. The Kier molecular flexibility index (Phi) is 5.03. The number of rotatable bonds is 5. The van der Waals surface area contributed by atoms with E-state index in [1.807, 2.05) is 12.1 Å². The molecule has 24 heavy (non-hydrogen) atoms. The van der Waals surface area contributed by atoms with Crippen LogP contribution in [0.5, 0.6) is 0 Å². The van der Waals surface area contributed by atoms with Gasteiger partial charge in [-0.25, -0.2) is 8.42 Å². The fourth-order valence-electron chi connectivity index (χ4n) is 3.03. The van der Waals surface area contributed by atoms with Crippen molar-refractivity contribution in [2.24, 2.45) is 11.7 Å². The summed E-state index contributed by atoms with van der Waals surface area (Å²) in [6.45, 7) is 1.12. The summed E-state index contributed by atoms with van der Waals surface area (Å²) in [6, 6.07) is 10.8. The van der Waals surface area contributed by atoms with Crippen LogP contribution in [0.4, 0.5) is 0 Å². The van der Waals surface area contributed by atoms with Crippen LogP contribution in [-0.2, 0) is 16.4 Å². The van der Waals surface area contributed by atoms with E-state index in [0.29, 0.717) is 28.8 Å². The molecule has 5 nitrogen and oxygen atoms in total. The van der Waals surface area contributed by atoms with Crippen LogP contribution in [0.3, 0.4) is 0 Å². The standard InChI is InChI=1S/C17H20N2O3S2/c18-17(20)15-5-3-13(4-6-15)12-14-7-9-19(10-8-14)24(21,22)16-2-1-11-23-16/h1-6,11,14H,7-10,12H2,(H2,18,20). The fraction of sp³-hybridized carbons (Fsp3) is 0.353. The minimum Gasteiger partial charge on any atom is -0.366 e. The molecule has 1 saturated heterocycles. The molecule has 1 amide bonds. The highest BCUT2D eigenvalue weighted by atomic mass is 32.2.